The maximum atomic E-state index is 12.4. The van der Waals surface area contributed by atoms with Crippen molar-refractivity contribution in [2.75, 3.05) is 11.6 Å². The Hall–Kier alpha value is -4.43. The van der Waals surface area contributed by atoms with Crippen LogP contribution in [0.3, 0.4) is 0 Å². The van der Waals surface area contributed by atoms with Gasteiger partial charge in [0.2, 0.25) is 0 Å². The maximum absolute atomic E-state index is 12.4. The highest BCUT2D eigenvalue weighted by atomic mass is 32.2. The summed E-state index contributed by atoms with van der Waals surface area (Å²) in [5, 5.41) is 24.9. The van der Waals surface area contributed by atoms with Crippen LogP contribution in [0.1, 0.15) is 17.1 Å². The molecule has 0 spiro atoms. The van der Waals surface area contributed by atoms with Gasteiger partial charge in [-0.1, -0.05) is 0 Å². The first-order valence-corrected chi connectivity index (χ1v) is 11.8. The SMILES string of the molecule is Cc1ccc(Nc2ccc3c(c2)ncn3-c2ccc(S(C)=O)c(-n3nc(C#N)cc3C)n2)nn1. The van der Waals surface area contributed by atoms with Gasteiger partial charge in [-0.05, 0) is 62.4 Å². The predicted molar refractivity (Wildman–Crippen MR) is 128 cm³/mol. The van der Waals surface area contributed by atoms with E-state index < -0.39 is 10.8 Å². The second kappa shape index (κ2) is 8.49. The van der Waals surface area contributed by atoms with Gasteiger partial charge in [0, 0.05) is 17.6 Å². The van der Waals surface area contributed by atoms with Crippen molar-refractivity contribution in [2.24, 2.45) is 0 Å². The third kappa shape index (κ3) is 3.91. The third-order valence-electron chi connectivity index (χ3n) is 5.20. The normalized spacial score (nSPS) is 11.9. The lowest BCUT2D eigenvalue weighted by molar-refractivity contribution is 0.684. The van der Waals surface area contributed by atoms with Crippen LogP contribution in [-0.2, 0) is 10.8 Å². The Morgan fingerprint density at radius 3 is 2.62 bits per heavy atom. The molecule has 10 nitrogen and oxygen atoms in total. The van der Waals surface area contributed by atoms with E-state index in [4.69, 9.17) is 4.98 Å². The Kier molecular flexibility index (Phi) is 5.35. The molecule has 0 aliphatic carbocycles. The second-order valence-electron chi connectivity index (χ2n) is 7.64. The number of imidazole rings is 1. The van der Waals surface area contributed by atoms with Gasteiger partial charge in [0.25, 0.3) is 0 Å². The van der Waals surface area contributed by atoms with E-state index in [1.807, 2.05) is 54.8 Å². The lowest BCUT2D eigenvalue weighted by Gasteiger charge is -2.12. The van der Waals surface area contributed by atoms with Crippen molar-refractivity contribution >= 4 is 33.3 Å². The molecule has 0 fully saturated rings. The van der Waals surface area contributed by atoms with Gasteiger partial charge in [0.05, 0.1) is 32.4 Å². The summed E-state index contributed by atoms with van der Waals surface area (Å²) in [6, 6.07) is 16.8. The largest absolute Gasteiger partial charge is 0.339 e. The van der Waals surface area contributed by atoms with Crippen LogP contribution in [0.2, 0.25) is 0 Å². The van der Waals surface area contributed by atoms with Crippen LogP contribution in [0.5, 0.6) is 0 Å². The van der Waals surface area contributed by atoms with Gasteiger partial charge in [0.1, 0.15) is 18.2 Å². The average Bonchev–Trinajstić information content (AvgIpc) is 3.43. The number of aromatic nitrogens is 7. The zero-order valence-corrected chi connectivity index (χ0v) is 19.4. The fraction of sp³-hybridized carbons (Fsp3) is 0.130. The van der Waals surface area contributed by atoms with Crippen LogP contribution >= 0.6 is 0 Å². The van der Waals surface area contributed by atoms with E-state index in [0.717, 1.165) is 28.1 Å². The number of nitrogens with one attached hydrogen (secondary N) is 1. The van der Waals surface area contributed by atoms with Gasteiger partial charge in [0.15, 0.2) is 17.3 Å². The van der Waals surface area contributed by atoms with Gasteiger partial charge in [-0.2, -0.15) is 15.5 Å². The number of fused-ring (bicyclic) bond motifs is 1. The molecule has 4 aromatic heterocycles. The molecule has 1 atom stereocenters. The minimum Gasteiger partial charge on any atom is -0.339 e. The first-order valence-electron chi connectivity index (χ1n) is 10.3. The summed E-state index contributed by atoms with van der Waals surface area (Å²) in [4.78, 5) is 9.80. The van der Waals surface area contributed by atoms with Crippen LogP contribution in [0.15, 0.2) is 59.8 Å². The topological polar surface area (TPSA) is 127 Å². The minimum absolute atomic E-state index is 0.268. The Balaban J connectivity index is 1.55. The first kappa shape index (κ1) is 21.4. The van der Waals surface area contributed by atoms with E-state index >= 15 is 0 Å². The van der Waals surface area contributed by atoms with Gasteiger partial charge >= 0.3 is 0 Å². The van der Waals surface area contributed by atoms with Gasteiger partial charge in [-0.3, -0.25) is 8.78 Å². The van der Waals surface area contributed by atoms with Crippen molar-refractivity contribution in [3.05, 3.63) is 71.9 Å². The third-order valence-corrected chi connectivity index (χ3v) is 6.14. The quantitative estimate of drug-likeness (QED) is 0.415. The fourth-order valence-corrected chi connectivity index (χ4v) is 4.21. The number of nitrogens with zero attached hydrogens (tertiary/aromatic N) is 8. The van der Waals surface area contributed by atoms with Gasteiger partial charge < -0.3 is 5.32 Å². The maximum Gasteiger partial charge on any atom is 0.172 e. The van der Waals surface area contributed by atoms with E-state index in [1.54, 1.807) is 35.5 Å². The number of rotatable bonds is 5. The number of benzene rings is 1. The monoisotopic (exact) mass is 469 g/mol. The van der Waals surface area contributed by atoms with Crippen molar-refractivity contribution in [3.63, 3.8) is 0 Å². The average molecular weight is 470 g/mol. The number of hydrogen-bond donors (Lipinski definition) is 1. The van der Waals surface area contributed by atoms with Crippen LogP contribution in [0, 0.1) is 25.2 Å². The Bertz CT molecular complexity index is 1600. The summed E-state index contributed by atoms with van der Waals surface area (Å²) in [7, 11) is -1.30. The highest BCUT2D eigenvalue weighted by Crippen LogP contribution is 2.25. The molecule has 0 aliphatic heterocycles. The first-order chi connectivity index (χ1) is 16.4. The van der Waals surface area contributed by atoms with E-state index in [2.05, 4.69) is 25.6 Å². The fourth-order valence-electron chi connectivity index (χ4n) is 3.57. The van der Waals surface area contributed by atoms with Crippen molar-refractivity contribution in [1.29, 1.82) is 5.26 Å². The van der Waals surface area contributed by atoms with Crippen molar-refractivity contribution in [2.45, 2.75) is 18.7 Å². The van der Waals surface area contributed by atoms with Crippen molar-refractivity contribution < 1.29 is 4.21 Å². The molecule has 5 aromatic rings. The molecule has 11 heteroatoms. The number of hydrogen-bond acceptors (Lipinski definition) is 8. The van der Waals surface area contributed by atoms with E-state index in [9.17, 15) is 9.47 Å². The summed E-state index contributed by atoms with van der Waals surface area (Å²) in [6.45, 7) is 3.71. The molecule has 1 unspecified atom stereocenters. The minimum atomic E-state index is -1.30. The number of pyridine rings is 1. The van der Waals surface area contributed by atoms with E-state index in [1.165, 1.54) is 0 Å². The molecule has 0 radical (unpaired) electrons. The summed E-state index contributed by atoms with van der Waals surface area (Å²) in [5.41, 5.74) is 4.27. The Labute approximate surface area is 197 Å². The highest BCUT2D eigenvalue weighted by Gasteiger charge is 2.17. The molecule has 0 saturated heterocycles. The second-order valence-corrected chi connectivity index (χ2v) is 8.99. The number of nitriles is 1. The van der Waals surface area contributed by atoms with Gasteiger partial charge in [-0.25, -0.2) is 14.6 Å². The molecule has 168 valence electrons. The van der Waals surface area contributed by atoms with Crippen LogP contribution in [-0.4, -0.2) is 45.0 Å². The van der Waals surface area contributed by atoms with Crippen LogP contribution in [0.25, 0.3) is 22.7 Å². The standard InChI is InChI=1S/C23H19N9OS/c1-14-4-8-21(29-28-14)26-16-5-6-19-18(11-16)25-13-31(19)22-9-7-20(34(3)33)23(27-22)32-15(2)10-17(12-24)30-32/h4-11,13H,1-3H3,(H,26,29). The van der Waals surface area contributed by atoms with E-state index in [0.29, 0.717) is 22.3 Å². The Morgan fingerprint density at radius 2 is 1.91 bits per heavy atom. The molecule has 4 heterocycles. The predicted octanol–water partition coefficient (Wildman–Crippen LogP) is 3.37. The Morgan fingerprint density at radius 1 is 1.06 bits per heavy atom. The molecule has 0 bridgehead atoms. The summed E-state index contributed by atoms with van der Waals surface area (Å²) < 4.78 is 15.8. The zero-order valence-electron chi connectivity index (χ0n) is 18.6. The zero-order chi connectivity index (χ0) is 23.8. The molecular formula is C23H19N9OS. The molecule has 1 N–H and O–H groups in total. The van der Waals surface area contributed by atoms with Crippen molar-refractivity contribution in [1.82, 2.24) is 34.5 Å². The smallest absolute Gasteiger partial charge is 0.172 e. The van der Waals surface area contributed by atoms with Crippen LogP contribution in [0.4, 0.5) is 11.5 Å². The molecule has 0 amide bonds. The molecule has 34 heavy (non-hydrogen) atoms. The molecule has 5 rings (SSSR count). The molecule has 0 saturated carbocycles. The lowest BCUT2D eigenvalue weighted by Crippen LogP contribution is -2.09. The van der Waals surface area contributed by atoms with E-state index in [-0.39, 0.29) is 5.69 Å². The van der Waals surface area contributed by atoms with Crippen LogP contribution < -0.4 is 5.32 Å². The molecular weight excluding hydrogens is 450 g/mol. The summed E-state index contributed by atoms with van der Waals surface area (Å²) in [5.74, 6) is 1.64. The number of aryl methyl sites for hydroxylation is 2. The lowest BCUT2D eigenvalue weighted by atomic mass is 10.2. The van der Waals surface area contributed by atoms with Gasteiger partial charge in [-0.15, -0.1) is 5.10 Å². The molecule has 1 aromatic carbocycles. The summed E-state index contributed by atoms with van der Waals surface area (Å²) in [6.07, 6.45) is 3.27. The molecule has 0 aliphatic rings. The highest BCUT2D eigenvalue weighted by molar-refractivity contribution is 7.84. The summed E-state index contributed by atoms with van der Waals surface area (Å²) >= 11 is 0. The number of anilines is 2. The van der Waals surface area contributed by atoms with Crippen molar-refractivity contribution in [3.8, 4) is 17.7 Å².